The van der Waals surface area contributed by atoms with Gasteiger partial charge in [0.1, 0.15) is 0 Å². The summed E-state index contributed by atoms with van der Waals surface area (Å²) in [6.45, 7) is 2.44. The predicted molar refractivity (Wildman–Crippen MR) is 68.4 cm³/mol. The van der Waals surface area contributed by atoms with Crippen LogP contribution in [0.15, 0.2) is 0 Å². The van der Waals surface area contributed by atoms with Crippen LogP contribution >= 0.6 is 22.9 Å². The highest BCUT2D eigenvalue weighted by atomic mass is 127. The fourth-order valence-corrected chi connectivity index (χ4v) is 4.21. The van der Waals surface area contributed by atoms with Crippen molar-refractivity contribution >= 4 is 22.9 Å². The third kappa shape index (κ3) is 2.25. The summed E-state index contributed by atoms with van der Waals surface area (Å²) < 4.78 is 3.33. The Kier molecular flexibility index (Phi) is 4.08. The number of hydrogen-bond donors (Lipinski definition) is 2. The third-order valence-corrected chi connectivity index (χ3v) is 4.63. The summed E-state index contributed by atoms with van der Waals surface area (Å²) in [5, 5.41) is 3.28. The first-order chi connectivity index (χ1) is 6.85. The molecule has 0 saturated heterocycles. The maximum atomic E-state index is 3.33. The topological polar surface area (TPSA) is 24.1 Å². The Morgan fingerprint density at radius 2 is 2.00 bits per heavy atom. The van der Waals surface area contributed by atoms with E-state index in [1.165, 1.54) is 38.8 Å². The van der Waals surface area contributed by atoms with Crippen molar-refractivity contribution in [3.63, 3.8) is 0 Å². The standard InChI is InChI=1S/C11H21IN2/c1-13-3-2-9-4-8-5-10(7-14-12)11(9)6-8/h8-11,13-14H,2-7H2,1H3. The molecule has 3 heteroatoms. The Balaban J connectivity index is 1.84. The monoisotopic (exact) mass is 308 g/mol. The summed E-state index contributed by atoms with van der Waals surface area (Å²) in [7, 11) is 2.07. The van der Waals surface area contributed by atoms with Gasteiger partial charge in [-0.15, -0.1) is 0 Å². The van der Waals surface area contributed by atoms with E-state index in [0.717, 1.165) is 23.7 Å². The highest BCUT2D eigenvalue weighted by Crippen LogP contribution is 2.52. The normalized spacial score (nSPS) is 40.7. The van der Waals surface area contributed by atoms with Gasteiger partial charge in [0.05, 0.1) is 0 Å². The molecule has 0 spiro atoms. The van der Waals surface area contributed by atoms with Crippen molar-refractivity contribution in [2.75, 3.05) is 20.1 Å². The molecular formula is C11H21IN2. The molecule has 2 N–H and O–H groups in total. The molecule has 0 aromatic heterocycles. The number of halogens is 1. The van der Waals surface area contributed by atoms with Gasteiger partial charge in [-0.25, -0.2) is 0 Å². The molecule has 2 saturated carbocycles. The van der Waals surface area contributed by atoms with Crippen LogP contribution in [0.1, 0.15) is 25.7 Å². The lowest BCUT2D eigenvalue weighted by Crippen LogP contribution is -2.28. The summed E-state index contributed by atoms with van der Waals surface area (Å²) in [5.74, 6) is 4.11. The second-order valence-electron chi connectivity index (χ2n) is 4.99. The van der Waals surface area contributed by atoms with Crippen molar-refractivity contribution < 1.29 is 0 Å². The number of nitrogens with one attached hydrogen (secondary N) is 2. The zero-order chi connectivity index (χ0) is 9.97. The van der Waals surface area contributed by atoms with E-state index in [2.05, 4.69) is 38.8 Å². The van der Waals surface area contributed by atoms with Gasteiger partial charge in [-0.3, -0.25) is 3.53 Å². The quantitative estimate of drug-likeness (QED) is 0.601. The molecular weight excluding hydrogens is 287 g/mol. The Morgan fingerprint density at radius 1 is 1.21 bits per heavy atom. The van der Waals surface area contributed by atoms with Crippen molar-refractivity contribution in [3.05, 3.63) is 0 Å². The fraction of sp³-hybridized carbons (Fsp3) is 1.00. The molecule has 2 rings (SSSR count). The summed E-state index contributed by atoms with van der Waals surface area (Å²) in [6.07, 6.45) is 5.94. The minimum Gasteiger partial charge on any atom is -0.320 e. The Labute approximate surface area is 101 Å². The minimum atomic E-state index is 0.979. The average molecular weight is 308 g/mol. The molecule has 2 aliphatic rings. The number of rotatable bonds is 5. The van der Waals surface area contributed by atoms with Gasteiger partial charge in [-0.1, -0.05) is 0 Å². The lowest BCUT2D eigenvalue weighted by atomic mass is 9.79. The molecule has 2 bridgehead atoms. The smallest absolute Gasteiger partial charge is 0.0169 e. The van der Waals surface area contributed by atoms with E-state index in [4.69, 9.17) is 0 Å². The Hall–Kier alpha value is 0.650. The summed E-state index contributed by atoms with van der Waals surface area (Å²) >= 11 is 2.29. The largest absolute Gasteiger partial charge is 0.320 e. The van der Waals surface area contributed by atoms with Gasteiger partial charge in [-0.2, -0.15) is 0 Å². The molecule has 0 aromatic rings. The van der Waals surface area contributed by atoms with Crippen LogP contribution in [0.2, 0.25) is 0 Å². The Bertz CT molecular complexity index is 184. The molecule has 2 fully saturated rings. The molecule has 0 amide bonds. The first kappa shape index (κ1) is 11.1. The van der Waals surface area contributed by atoms with E-state index in [-0.39, 0.29) is 0 Å². The van der Waals surface area contributed by atoms with Crippen LogP contribution in [0.5, 0.6) is 0 Å². The van der Waals surface area contributed by atoms with Crippen molar-refractivity contribution in [2.24, 2.45) is 23.7 Å². The first-order valence-electron chi connectivity index (χ1n) is 5.83. The van der Waals surface area contributed by atoms with Gasteiger partial charge in [0.15, 0.2) is 0 Å². The number of fused-ring (bicyclic) bond motifs is 2. The molecule has 0 aliphatic heterocycles. The zero-order valence-corrected chi connectivity index (χ0v) is 11.1. The van der Waals surface area contributed by atoms with Gasteiger partial charge in [0, 0.05) is 29.4 Å². The van der Waals surface area contributed by atoms with Crippen LogP contribution in [0.25, 0.3) is 0 Å². The van der Waals surface area contributed by atoms with Gasteiger partial charge < -0.3 is 5.32 Å². The van der Waals surface area contributed by atoms with Gasteiger partial charge >= 0.3 is 0 Å². The van der Waals surface area contributed by atoms with Crippen LogP contribution in [0, 0.1) is 23.7 Å². The molecule has 0 heterocycles. The van der Waals surface area contributed by atoms with Crippen molar-refractivity contribution in [2.45, 2.75) is 25.7 Å². The second-order valence-corrected chi connectivity index (χ2v) is 5.75. The van der Waals surface area contributed by atoms with Crippen molar-refractivity contribution in [3.8, 4) is 0 Å². The summed E-state index contributed by atoms with van der Waals surface area (Å²) in [5.41, 5.74) is 0. The zero-order valence-electron chi connectivity index (χ0n) is 8.93. The molecule has 0 radical (unpaired) electrons. The summed E-state index contributed by atoms with van der Waals surface area (Å²) in [4.78, 5) is 0. The molecule has 82 valence electrons. The highest BCUT2D eigenvalue weighted by molar-refractivity contribution is 14.1. The fourth-order valence-electron chi connectivity index (χ4n) is 3.64. The summed E-state index contributed by atoms with van der Waals surface area (Å²) in [6, 6.07) is 0. The van der Waals surface area contributed by atoms with E-state index in [9.17, 15) is 0 Å². The molecule has 2 nitrogen and oxygen atoms in total. The van der Waals surface area contributed by atoms with Crippen LogP contribution in [0.3, 0.4) is 0 Å². The van der Waals surface area contributed by atoms with E-state index in [0.29, 0.717) is 0 Å². The minimum absolute atomic E-state index is 0.979. The van der Waals surface area contributed by atoms with E-state index < -0.39 is 0 Å². The van der Waals surface area contributed by atoms with E-state index >= 15 is 0 Å². The van der Waals surface area contributed by atoms with Crippen LogP contribution in [-0.2, 0) is 0 Å². The van der Waals surface area contributed by atoms with Gasteiger partial charge in [0.2, 0.25) is 0 Å². The van der Waals surface area contributed by atoms with Gasteiger partial charge in [-0.05, 0) is 62.9 Å². The van der Waals surface area contributed by atoms with E-state index in [1.807, 2.05) is 0 Å². The average Bonchev–Trinajstić information content (AvgIpc) is 2.74. The maximum Gasteiger partial charge on any atom is 0.0169 e. The van der Waals surface area contributed by atoms with Crippen LogP contribution in [-0.4, -0.2) is 20.1 Å². The third-order valence-electron chi connectivity index (χ3n) is 4.19. The molecule has 14 heavy (non-hydrogen) atoms. The van der Waals surface area contributed by atoms with Crippen LogP contribution < -0.4 is 8.85 Å². The van der Waals surface area contributed by atoms with Crippen molar-refractivity contribution in [1.82, 2.24) is 8.85 Å². The first-order valence-corrected chi connectivity index (χ1v) is 6.91. The van der Waals surface area contributed by atoms with Crippen LogP contribution in [0.4, 0.5) is 0 Å². The SMILES string of the molecule is CNCCC1CC2CC(CNI)C1C2. The highest BCUT2D eigenvalue weighted by Gasteiger charge is 2.44. The van der Waals surface area contributed by atoms with E-state index in [1.54, 1.807) is 0 Å². The Morgan fingerprint density at radius 3 is 2.64 bits per heavy atom. The maximum absolute atomic E-state index is 3.33. The lowest BCUT2D eigenvalue weighted by Gasteiger charge is -2.29. The van der Waals surface area contributed by atoms with Crippen molar-refractivity contribution in [1.29, 1.82) is 0 Å². The molecule has 2 aliphatic carbocycles. The number of hydrogen-bond acceptors (Lipinski definition) is 2. The van der Waals surface area contributed by atoms with Gasteiger partial charge in [0.25, 0.3) is 0 Å². The second kappa shape index (κ2) is 5.12. The predicted octanol–water partition coefficient (Wildman–Crippen LogP) is 2.20. The molecule has 4 unspecified atom stereocenters. The molecule has 4 atom stereocenters. The lowest BCUT2D eigenvalue weighted by molar-refractivity contribution is 0.229. The molecule has 0 aromatic carbocycles.